The maximum Gasteiger partial charge on any atom is 0.264 e. The molecule has 0 atom stereocenters. The predicted octanol–water partition coefficient (Wildman–Crippen LogP) is 4.36. The van der Waals surface area contributed by atoms with Crippen LogP contribution in [0.4, 0.5) is 5.69 Å². The summed E-state index contributed by atoms with van der Waals surface area (Å²) >= 11 is 7.58. The Morgan fingerprint density at radius 2 is 1.90 bits per heavy atom. The molecular formula is C21H20ClN3O3S2. The number of thiophene rings is 1. The van der Waals surface area contributed by atoms with E-state index < -0.39 is 22.5 Å². The number of nitrogens with zero attached hydrogens (tertiary/aromatic N) is 2. The normalized spacial score (nSPS) is 11.6. The number of anilines is 1. The van der Waals surface area contributed by atoms with Crippen LogP contribution in [0.5, 0.6) is 0 Å². The van der Waals surface area contributed by atoms with Crippen molar-refractivity contribution in [3.05, 3.63) is 81.0 Å². The van der Waals surface area contributed by atoms with E-state index in [0.717, 1.165) is 14.7 Å². The summed E-state index contributed by atoms with van der Waals surface area (Å²) in [4.78, 5) is 13.5. The molecule has 0 unspecified atom stereocenters. The Labute approximate surface area is 184 Å². The molecule has 1 N–H and O–H groups in total. The van der Waals surface area contributed by atoms with Crippen molar-refractivity contribution in [1.29, 1.82) is 0 Å². The molecule has 0 aliphatic rings. The number of carbonyl (C=O) groups excluding carboxylic acids is 1. The van der Waals surface area contributed by atoms with Gasteiger partial charge in [0.05, 0.1) is 16.8 Å². The third-order valence-electron chi connectivity index (χ3n) is 4.26. The van der Waals surface area contributed by atoms with Crippen LogP contribution in [0, 0.1) is 13.8 Å². The highest BCUT2D eigenvalue weighted by atomic mass is 35.5. The van der Waals surface area contributed by atoms with Crippen LogP contribution >= 0.6 is 22.9 Å². The van der Waals surface area contributed by atoms with Gasteiger partial charge in [-0.1, -0.05) is 41.4 Å². The largest absolute Gasteiger partial charge is 0.271 e. The Kier molecular flexibility index (Phi) is 6.91. The van der Waals surface area contributed by atoms with E-state index in [1.165, 1.54) is 35.8 Å². The van der Waals surface area contributed by atoms with Gasteiger partial charge in [-0.2, -0.15) is 5.10 Å². The lowest BCUT2D eigenvalue weighted by Crippen LogP contribution is -2.40. The highest BCUT2D eigenvalue weighted by Gasteiger charge is 2.28. The molecule has 2 aromatic carbocycles. The molecule has 0 saturated heterocycles. The fraction of sp³-hybridized carbons (Fsp3) is 0.143. The minimum Gasteiger partial charge on any atom is -0.271 e. The van der Waals surface area contributed by atoms with E-state index in [1.807, 2.05) is 24.4 Å². The maximum absolute atomic E-state index is 13.4. The van der Waals surface area contributed by atoms with Crippen molar-refractivity contribution in [2.24, 2.45) is 5.10 Å². The zero-order valence-electron chi connectivity index (χ0n) is 16.4. The van der Waals surface area contributed by atoms with E-state index in [9.17, 15) is 13.2 Å². The van der Waals surface area contributed by atoms with Gasteiger partial charge < -0.3 is 0 Å². The van der Waals surface area contributed by atoms with Gasteiger partial charge in [0.2, 0.25) is 0 Å². The molecule has 0 fully saturated rings. The standard InChI is InChI=1S/C21H20ClN3O3S2/c1-15-5-9-19(10-6-15)30(27,28)25(20-12-17(22)8-7-16(20)2)14-21(26)24-23-13-18-4-3-11-29-18/h3-13H,14H2,1-2H3,(H,24,26)/b23-13-. The van der Waals surface area contributed by atoms with Gasteiger partial charge in [-0.25, -0.2) is 13.8 Å². The van der Waals surface area contributed by atoms with Crippen molar-refractivity contribution < 1.29 is 13.2 Å². The summed E-state index contributed by atoms with van der Waals surface area (Å²) in [6.07, 6.45) is 1.51. The van der Waals surface area contributed by atoms with E-state index in [-0.39, 0.29) is 4.90 Å². The maximum atomic E-state index is 13.4. The van der Waals surface area contributed by atoms with Crippen LogP contribution in [0.15, 0.2) is 70.0 Å². The average molecular weight is 462 g/mol. The van der Waals surface area contributed by atoms with Crippen molar-refractivity contribution in [2.45, 2.75) is 18.7 Å². The molecular weight excluding hydrogens is 442 g/mol. The lowest BCUT2D eigenvalue weighted by Gasteiger charge is -2.25. The lowest BCUT2D eigenvalue weighted by atomic mass is 10.2. The second kappa shape index (κ2) is 9.42. The summed E-state index contributed by atoms with van der Waals surface area (Å²) in [5.41, 5.74) is 4.32. The van der Waals surface area contributed by atoms with Crippen molar-refractivity contribution in [1.82, 2.24) is 5.43 Å². The van der Waals surface area contributed by atoms with Crippen molar-refractivity contribution in [3.8, 4) is 0 Å². The molecule has 0 saturated carbocycles. The molecule has 1 amide bonds. The topological polar surface area (TPSA) is 78.8 Å². The first kappa shape index (κ1) is 22.0. The Bertz CT molecular complexity index is 1160. The summed E-state index contributed by atoms with van der Waals surface area (Å²) in [6.45, 7) is 3.18. The van der Waals surface area contributed by atoms with Crippen LogP contribution in [-0.4, -0.2) is 27.1 Å². The zero-order valence-corrected chi connectivity index (χ0v) is 18.8. The molecule has 1 heterocycles. The molecule has 9 heteroatoms. The van der Waals surface area contributed by atoms with Crippen LogP contribution in [0.2, 0.25) is 5.02 Å². The Morgan fingerprint density at radius 1 is 1.17 bits per heavy atom. The fourth-order valence-electron chi connectivity index (χ4n) is 2.69. The Balaban J connectivity index is 1.92. The van der Waals surface area contributed by atoms with Gasteiger partial charge >= 0.3 is 0 Å². The van der Waals surface area contributed by atoms with E-state index in [4.69, 9.17) is 11.6 Å². The number of sulfonamides is 1. The number of aryl methyl sites for hydroxylation is 2. The van der Waals surface area contributed by atoms with Crippen LogP contribution in [0.25, 0.3) is 0 Å². The smallest absolute Gasteiger partial charge is 0.264 e. The van der Waals surface area contributed by atoms with Gasteiger partial charge in [-0.3, -0.25) is 9.10 Å². The van der Waals surface area contributed by atoms with Crippen molar-refractivity contribution in [3.63, 3.8) is 0 Å². The van der Waals surface area contributed by atoms with Crippen LogP contribution in [0.1, 0.15) is 16.0 Å². The number of rotatable bonds is 7. The van der Waals surface area contributed by atoms with Crippen molar-refractivity contribution in [2.75, 3.05) is 10.8 Å². The zero-order chi connectivity index (χ0) is 21.7. The highest BCUT2D eigenvalue weighted by Crippen LogP contribution is 2.29. The SMILES string of the molecule is Cc1ccc(S(=O)(=O)N(CC(=O)N/N=C\c2cccs2)c2cc(Cl)ccc2C)cc1. The molecule has 156 valence electrons. The monoisotopic (exact) mass is 461 g/mol. The van der Waals surface area contributed by atoms with Crippen LogP contribution < -0.4 is 9.73 Å². The van der Waals surface area contributed by atoms with Crippen LogP contribution in [0.3, 0.4) is 0 Å². The second-order valence-corrected chi connectivity index (χ2v) is 9.84. The third-order valence-corrected chi connectivity index (χ3v) is 7.08. The first-order chi connectivity index (χ1) is 14.3. The average Bonchev–Trinajstić information content (AvgIpc) is 3.22. The minimum atomic E-state index is -4.01. The summed E-state index contributed by atoms with van der Waals surface area (Å²) in [6, 6.07) is 15.1. The van der Waals surface area contributed by atoms with Gasteiger partial charge in [-0.15, -0.1) is 11.3 Å². The number of nitrogens with one attached hydrogen (secondary N) is 1. The van der Waals surface area contributed by atoms with E-state index in [2.05, 4.69) is 10.5 Å². The predicted molar refractivity (Wildman–Crippen MR) is 122 cm³/mol. The summed E-state index contributed by atoms with van der Waals surface area (Å²) in [7, 11) is -4.01. The first-order valence-corrected chi connectivity index (χ1v) is 11.7. The number of halogens is 1. The number of hydrogen-bond acceptors (Lipinski definition) is 5. The summed E-state index contributed by atoms with van der Waals surface area (Å²) in [5, 5.41) is 6.17. The van der Waals surface area contributed by atoms with E-state index in [0.29, 0.717) is 16.3 Å². The molecule has 3 aromatic rings. The minimum absolute atomic E-state index is 0.0855. The molecule has 0 bridgehead atoms. The van der Waals surface area contributed by atoms with Gasteiger partial charge in [0.1, 0.15) is 6.54 Å². The molecule has 30 heavy (non-hydrogen) atoms. The van der Waals surface area contributed by atoms with Gasteiger partial charge in [-0.05, 0) is 55.1 Å². The molecule has 3 rings (SSSR count). The molecule has 0 aliphatic heterocycles. The fourth-order valence-corrected chi connectivity index (χ4v) is 4.92. The van der Waals surface area contributed by atoms with Gasteiger partial charge in [0, 0.05) is 9.90 Å². The highest BCUT2D eigenvalue weighted by molar-refractivity contribution is 7.92. The lowest BCUT2D eigenvalue weighted by molar-refractivity contribution is -0.119. The molecule has 6 nitrogen and oxygen atoms in total. The quantitative estimate of drug-likeness (QED) is 0.419. The summed E-state index contributed by atoms with van der Waals surface area (Å²) in [5.74, 6) is -0.571. The Hall–Kier alpha value is -2.68. The Morgan fingerprint density at radius 3 is 2.57 bits per heavy atom. The summed E-state index contributed by atoms with van der Waals surface area (Å²) < 4.78 is 27.8. The molecule has 0 aliphatic carbocycles. The number of carbonyl (C=O) groups is 1. The van der Waals surface area contributed by atoms with E-state index in [1.54, 1.807) is 31.2 Å². The number of amides is 1. The third kappa shape index (κ3) is 5.27. The number of hydrazone groups is 1. The molecule has 0 radical (unpaired) electrons. The first-order valence-electron chi connectivity index (χ1n) is 8.98. The van der Waals surface area contributed by atoms with Gasteiger partial charge in [0.25, 0.3) is 15.9 Å². The number of hydrogen-bond donors (Lipinski definition) is 1. The van der Waals surface area contributed by atoms with Crippen LogP contribution in [-0.2, 0) is 14.8 Å². The number of benzene rings is 2. The van der Waals surface area contributed by atoms with Gasteiger partial charge in [0.15, 0.2) is 0 Å². The second-order valence-electron chi connectivity index (χ2n) is 6.56. The molecule has 1 aromatic heterocycles. The van der Waals surface area contributed by atoms with E-state index >= 15 is 0 Å². The molecule has 0 spiro atoms. The van der Waals surface area contributed by atoms with Crippen molar-refractivity contribution >= 4 is 50.8 Å².